The maximum Gasteiger partial charge on any atom is 0.161 e. The van der Waals surface area contributed by atoms with E-state index in [2.05, 4.69) is 22.0 Å². The molecular weight excluding hydrogens is 446 g/mol. The van der Waals surface area contributed by atoms with Gasteiger partial charge in [-0.05, 0) is 65.2 Å². The van der Waals surface area contributed by atoms with Crippen LogP contribution in [0.25, 0.3) is 0 Å². The zero-order chi connectivity index (χ0) is 19.1. The average molecular weight is 461 g/mol. The van der Waals surface area contributed by atoms with E-state index in [4.69, 9.17) is 17.3 Å². The Bertz CT molecular complexity index is 1030. The van der Waals surface area contributed by atoms with E-state index in [-0.39, 0.29) is 5.78 Å². The quantitative estimate of drug-likeness (QED) is 0.645. The first-order valence-electron chi connectivity index (χ1n) is 8.48. The summed E-state index contributed by atoms with van der Waals surface area (Å²) in [7, 11) is 0. The number of nitrogens with zero attached hydrogens (tertiary/aromatic N) is 2. The molecule has 27 heavy (non-hydrogen) atoms. The van der Waals surface area contributed by atoms with Crippen LogP contribution in [0.15, 0.2) is 62.8 Å². The number of Topliss-reactive ketones (excluding diaryl/α,β-unsaturated/α-hetero) is 1. The molecule has 4 nitrogen and oxygen atoms in total. The Morgan fingerprint density at radius 2 is 1.96 bits per heavy atom. The summed E-state index contributed by atoms with van der Waals surface area (Å²) in [5.74, 6) is 0.0606. The number of benzene rings is 1. The number of carbonyl (C=O) groups excluding carboxylic acids is 1. The van der Waals surface area contributed by atoms with Gasteiger partial charge in [0.05, 0.1) is 21.3 Å². The molecule has 0 amide bonds. The number of hydrogen-bond acceptors (Lipinski definition) is 5. The fourth-order valence-electron chi connectivity index (χ4n) is 3.74. The number of anilines is 1. The van der Waals surface area contributed by atoms with E-state index in [1.54, 1.807) is 12.1 Å². The predicted molar refractivity (Wildman–Crippen MR) is 111 cm³/mol. The summed E-state index contributed by atoms with van der Waals surface area (Å²) in [5.41, 5.74) is 9.28. The van der Waals surface area contributed by atoms with Gasteiger partial charge in [0.15, 0.2) is 5.78 Å². The van der Waals surface area contributed by atoms with Crippen molar-refractivity contribution in [2.75, 3.05) is 4.90 Å². The number of rotatable bonds is 2. The zero-order valence-corrected chi connectivity index (χ0v) is 17.4. The SMILES string of the molecule is N#CC1=C(N)N(c2ccc(Cl)cc2)C2=C(C(=O)CCC2)C1c1ccc(Br)s1. The first-order chi connectivity index (χ1) is 13.0. The third kappa shape index (κ3) is 3.10. The number of thiophene rings is 1. The molecule has 1 unspecified atom stereocenters. The van der Waals surface area contributed by atoms with Crippen LogP contribution in [0.2, 0.25) is 5.02 Å². The lowest BCUT2D eigenvalue weighted by Crippen LogP contribution is -2.38. The second-order valence-corrected chi connectivity index (χ2v) is 9.37. The minimum absolute atomic E-state index is 0.0879. The smallest absolute Gasteiger partial charge is 0.161 e. The van der Waals surface area contributed by atoms with Gasteiger partial charge in [-0.3, -0.25) is 9.69 Å². The van der Waals surface area contributed by atoms with E-state index >= 15 is 0 Å². The van der Waals surface area contributed by atoms with Crippen LogP contribution < -0.4 is 10.6 Å². The summed E-state index contributed by atoms with van der Waals surface area (Å²) < 4.78 is 0.957. The molecule has 2 aliphatic rings. The van der Waals surface area contributed by atoms with Crippen LogP contribution in [0.4, 0.5) is 5.69 Å². The van der Waals surface area contributed by atoms with E-state index in [1.807, 2.05) is 29.2 Å². The van der Waals surface area contributed by atoms with Crippen molar-refractivity contribution >= 4 is 50.3 Å². The second kappa shape index (κ2) is 7.16. The Labute approximate surface area is 174 Å². The van der Waals surface area contributed by atoms with Crippen molar-refractivity contribution in [3.05, 3.63) is 72.7 Å². The van der Waals surface area contributed by atoms with Crippen molar-refractivity contribution in [2.24, 2.45) is 5.73 Å². The van der Waals surface area contributed by atoms with Crippen LogP contribution in [0, 0.1) is 11.3 Å². The van der Waals surface area contributed by atoms with Gasteiger partial charge in [0, 0.05) is 33.3 Å². The van der Waals surface area contributed by atoms with Gasteiger partial charge in [-0.25, -0.2) is 0 Å². The predicted octanol–water partition coefficient (Wildman–Crippen LogP) is 5.47. The highest BCUT2D eigenvalue weighted by Gasteiger charge is 2.40. The molecule has 0 saturated carbocycles. The number of hydrogen-bond donors (Lipinski definition) is 1. The first-order valence-corrected chi connectivity index (χ1v) is 10.5. The maximum absolute atomic E-state index is 12.9. The topological polar surface area (TPSA) is 70.1 Å². The van der Waals surface area contributed by atoms with Crippen molar-refractivity contribution in [3.8, 4) is 6.07 Å². The normalized spacial score (nSPS) is 20.0. The Balaban J connectivity index is 1.96. The molecule has 2 N–H and O–H groups in total. The molecule has 0 spiro atoms. The Hall–Kier alpha value is -2.07. The lowest BCUT2D eigenvalue weighted by Gasteiger charge is -2.39. The molecule has 0 radical (unpaired) electrons. The van der Waals surface area contributed by atoms with Crippen molar-refractivity contribution < 1.29 is 4.79 Å². The van der Waals surface area contributed by atoms with Gasteiger partial charge < -0.3 is 5.73 Å². The van der Waals surface area contributed by atoms with Crippen LogP contribution in [-0.2, 0) is 4.79 Å². The fraction of sp³-hybridized carbons (Fsp3) is 0.200. The molecule has 1 aliphatic carbocycles. The summed E-state index contributed by atoms with van der Waals surface area (Å²) in [4.78, 5) is 15.7. The number of halogens is 2. The highest BCUT2D eigenvalue weighted by atomic mass is 79.9. The highest BCUT2D eigenvalue weighted by Crippen LogP contribution is 2.48. The number of nitriles is 1. The number of nitrogens with two attached hydrogens (primary N) is 1. The minimum Gasteiger partial charge on any atom is -0.384 e. The van der Waals surface area contributed by atoms with Gasteiger partial charge in [0.25, 0.3) is 0 Å². The first kappa shape index (κ1) is 18.3. The van der Waals surface area contributed by atoms with Crippen LogP contribution in [-0.4, -0.2) is 5.78 Å². The van der Waals surface area contributed by atoms with Crippen LogP contribution in [0.1, 0.15) is 30.1 Å². The molecule has 1 aliphatic heterocycles. The molecule has 1 aromatic heterocycles. The third-order valence-electron chi connectivity index (χ3n) is 4.88. The summed E-state index contributed by atoms with van der Waals surface area (Å²) in [6, 6.07) is 13.4. The standard InChI is InChI=1S/C20H15BrClN3OS/c21-17-9-8-16(27-17)18-13(10-23)20(24)25(12-6-4-11(22)5-7-12)14-2-1-3-15(26)19(14)18/h4-9,18H,1-3,24H2. The van der Waals surface area contributed by atoms with E-state index in [0.29, 0.717) is 28.4 Å². The summed E-state index contributed by atoms with van der Waals surface area (Å²) in [6.07, 6.45) is 2.01. The van der Waals surface area contributed by atoms with Gasteiger partial charge in [-0.2, -0.15) is 5.26 Å². The Morgan fingerprint density at radius 3 is 2.59 bits per heavy atom. The molecule has 2 aromatic rings. The molecule has 7 heteroatoms. The van der Waals surface area contributed by atoms with Crippen molar-refractivity contribution in [1.29, 1.82) is 5.26 Å². The largest absolute Gasteiger partial charge is 0.384 e. The lowest BCUT2D eigenvalue weighted by molar-refractivity contribution is -0.116. The number of ketones is 1. The summed E-state index contributed by atoms with van der Waals surface area (Å²) >= 11 is 11.0. The second-order valence-electron chi connectivity index (χ2n) is 6.43. The minimum atomic E-state index is -0.405. The highest BCUT2D eigenvalue weighted by molar-refractivity contribution is 9.11. The molecule has 0 fully saturated rings. The van der Waals surface area contributed by atoms with E-state index in [9.17, 15) is 10.1 Å². The van der Waals surface area contributed by atoms with Gasteiger partial charge >= 0.3 is 0 Å². The molecular formula is C20H15BrClN3OS. The molecule has 2 heterocycles. The molecule has 1 atom stereocenters. The van der Waals surface area contributed by atoms with Gasteiger partial charge in [0.1, 0.15) is 5.82 Å². The van der Waals surface area contributed by atoms with E-state index < -0.39 is 5.92 Å². The van der Waals surface area contributed by atoms with E-state index in [1.165, 1.54) is 11.3 Å². The third-order valence-corrected chi connectivity index (χ3v) is 6.82. The summed E-state index contributed by atoms with van der Waals surface area (Å²) in [5, 5.41) is 10.5. The number of allylic oxidation sites excluding steroid dienone is 3. The zero-order valence-electron chi connectivity index (χ0n) is 14.2. The fourth-order valence-corrected chi connectivity index (χ4v) is 5.41. The molecule has 136 valence electrons. The van der Waals surface area contributed by atoms with Crippen LogP contribution >= 0.6 is 38.9 Å². The molecule has 0 bridgehead atoms. The Morgan fingerprint density at radius 1 is 1.22 bits per heavy atom. The average Bonchev–Trinajstić information content (AvgIpc) is 3.08. The Kier molecular flexibility index (Phi) is 4.85. The molecule has 0 saturated heterocycles. The lowest BCUT2D eigenvalue weighted by atomic mass is 9.78. The maximum atomic E-state index is 12.9. The van der Waals surface area contributed by atoms with Gasteiger partial charge in [-0.1, -0.05) is 11.6 Å². The summed E-state index contributed by atoms with van der Waals surface area (Å²) in [6.45, 7) is 0. The van der Waals surface area contributed by atoms with Crippen LogP contribution in [0.5, 0.6) is 0 Å². The van der Waals surface area contributed by atoms with Crippen molar-refractivity contribution in [1.82, 2.24) is 0 Å². The van der Waals surface area contributed by atoms with Crippen molar-refractivity contribution in [2.45, 2.75) is 25.2 Å². The molecule has 1 aromatic carbocycles. The van der Waals surface area contributed by atoms with Gasteiger partial charge in [0.2, 0.25) is 0 Å². The van der Waals surface area contributed by atoms with Crippen LogP contribution in [0.3, 0.4) is 0 Å². The molecule has 4 rings (SSSR count). The monoisotopic (exact) mass is 459 g/mol. The van der Waals surface area contributed by atoms with Crippen molar-refractivity contribution in [3.63, 3.8) is 0 Å². The van der Waals surface area contributed by atoms with E-state index in [0.717, 1.165) is 32.9 Å². The number of carbonyl (C=O) groups is 1. The van der Waals surface area contributed by atoms with Gasteiger partial charge in [-0.15, -0.1) is 11.3 Å².